The highest BCUT2D eigenvalue weighted by Gasteiger charge is 2.37. The molecule has 0 fully saturated rings. The van der Waals surface area contributed by atoms with Gasteiger partial charge in [0.2, 0.25) is 0 Å². The van der Waals surface area contributed by atoms with E-state index in [9.17, 15) is 32.3 Å². The zero-order valence-electron chi connectivity index (χ0n) is 17.7. The molecule has 176 valence electrons. The number of aromatic nitrogens is 3. The zero-order chi connectivity index (χ0) is 24.2. The second kappa shape index (κ2) is 7.78. The average Bonchev–Trinajstić information content (AvgIpc) is 3.04. The van der Waals surface area contributed by atoms with Gasteiger partial charge in [0.25, 0.3) is 5.56 Å². The fourth-order valence-electron chi connectivity index (χ4n) is 4.13. The Bertz CT molecular complexity index is 1310. The minimum absolute atomic E-state index is 0.0921. The smallest absolute Gasteiger partial charge is 0.387 e. The molecule has 1 atom stereocenters. The average molecular weight is 469 g/mol. The lowest BCUT2D eigenvalue weighted by Crippen LogP contribution is -2.29. The standard InChI is InChI=1S/C21H19F4N3O5/c1-21(2,3)11-6-12-15(14-9(11)5-10(18(30)31)17(29)27-14)26-16-13(33-20(24)25)4-8(7-28(12)16)32-19(22)23/h4-5,7,11,19-20H,6H2,1-3H3,(H,27,29)(H,30,31)/t11-/m1/s1. The molecule has 1 aliphatic carbocycles. The minimum atomic E-state index is -3.25. The number of halogens is 4. The molecule has 12 heteroatoms. The third kappa shape index (κ3) is 4.00. The first-order valence-electron chi connectivity index (χ1n) is 9.82. The van der Waals surface area contributed by atoms with Crippen LogP contribution in [-0.2, 0) is 6.42 Å². The predicted molar refractivity (Wildman–Crippen MR) is 107 cm³/mol. The number of rotatable bonds is 5. The van der Waals surface area contributed by atoms with E-state index in [2.05, 4.69) is 19.4 Å². The normalized spacial score (nSPS) is 15.6. The molecule has 33 heavy (non-hydrogen) atoms. The molecule has 0 spiro atoms. The van der Waals surface area contributed by atoms with Crippen LogP contribution in [0.5, 0.6) is 11.5 Å². The topological polar surface area (TPSA) is 106 Å². The van der Waals surface area contributed by atoms with E-state index in [0.29, 0.717) is 11.3 Å². The number of alkyl halides is 4. The van der Waals surface area contributed by atoms with Crippen LogP contribution in [0.15, 0.2) is 23.1 Å². The molecule has 0 amide bonds. The number of carboxylic acids is 1. The lowest BCUT2D eigenvalue weighted by molar-refractivity contribution is -0.0542. The molecule has 0 saturated carbocycles. The van der Waals surface area contributed by atoms with Gasteiger partial charge in [-0.3, -0.25) is 9.20 Å². The van der Waals surface area contributed by atoms with E-state index in [1.165, 1.54) is 16.7 Å². The van der Waals surface area contributed by atoms with Crippen LogP contribution in [-0.4, -0.2) is 38.7 Å². The van der Waals surface area contributed by atoms with Gasteiger partial charge in [0.1, 0.15) is 17.0 Å². The van der Waals surface area contributed by atoms with Crippen molar-refractivity contribution < 1.29 is 36.9 Å². The van der Waals surface area contributed by atoms with Crippen LogP contribution in [0.2, 0.25) is 0 Å². The van der Waals surface area contributed by atoms with Gasteiger partial charge in [-0.2, -0.15) is 17.6 Å². The number of H-pyrrole nitrogens is 1. The van der Waals surface area contributed by atoms with Crippen LogP contribution in [0, 0.1) is 5.41 Å². The highest BCUT2D eigenvalue weighted by Crippen LogP contribution is 2.47. The van der Waals surface area contributed by atoms with Crippen LogP contribution < -0.4 is 15.0 Å². The monoisotopic (exact) mass is 469 g/mol. The van der Waals surface area contributed by atoms with Gasteiger partial charge in [-0.15, -0.1) is 0 Å². The van der Waals surface area contributed by atoms with E-state index in [1.807, 2.05) is 20.8 Å². The van der Waals surface area contributed by atoms with Gasteiger partial charge in [0, 0.05) is 6.07 Å². The number of hydrogen-bond acceptors (Lipinski definition) is 5. The Kier molecular flexibility index (Phi) is 5.33. The molecule has 2 N–H and O–H groups in total. The molecular weight excluding hydrogens is 450 g/mol. The Morgan fingerprint density at radius 2 is 1.88 bits per heavy atom. The zero-order valence-corrected chi connectivity index (χ0v) is 17.7. The Morgan fingerprint density at radius 1 is 1.21 bits per heavy atom. The number of pyridine rings is 2. The molecule has 0 aliphatic heterocycles. The van der Waals surface area contributed by atoms with Crippen LogP contribution in [0.25, 0.3) is 17.0 Å². The Morgan fingerprint density at radius 3 is 2.45 bits per heavy atom. The van der Waals surface area contributed by atoms with Crippen molar-refractivity contribution in [3.8, 4) is 22.9 Å². The number of aromatic carboxylic acids is 1. The number of ether oxygens (including phenoxy) is 2. The van der Waals surface area contributed by atoms with E-state index < -0.39 is 47.2 Å². The third-order valence-corrected chi connectivity index (χ3v) is 5.56. The van der Waals surface area contributed by atoms with Gasteiger partial charge in [-0.05, 0) is 29.4 Å². The SMILES string of the molecule is CC(C)(C)[C@@H]1Cc2c(nc3c(OC(F)F)cc(OC(F)F)cn23)-c2[nH]c(=O)c(C(=O)O)cc21. The van der Waals surface area contributed by atoms with Crippen LogP contribution in [0.1, 0.15) is 48.3 Å². The summed E-state index contributed by atoms with van der Waals surface area (Å²) in [5.41, 5.74) is -0.420. The first-order valence-corrected chi connectivity index (χ1v) is 9.82. The van der Waals surface area contributed by atoms with Gasteiger partial charge in [0.15, 0.2) is 11.4 Å². The maximum atomic E-state index is 13.0. The van der Waals surface area contributed by atoms with Crippen LogP contribution >= 0.6 is 0 Å². The van der Waals surface area contributed by atoms with E-state index >= 15 is 0 Å². The summed E-state index contributed by atoms with van der Waals surface area (Å²) in [5, 5.41) is 9.39. The fourth-order valence-corrected chi connectivity index (χ4v) is 4.13. The molecule has 0 aromatic carbocycles. The first-order chi connectivity index (χ1) is 15.4. The number of imidazole rings is 1. The van der Waals surface area contributed by atoms with Crippen molar-refractivity contribution in [1.82, 2.24) is 14.4 Å². The number of carboxylic acid groups (broad SMARTS) is 1. The molecular formula is C21H19F4N3O5. The molecule has 3 aromatic heterocycles. The molecule has 0 radical (unpaired) electrons. The Balaban J connectivity index is 2.04. The van der Waals surface area contributed by atoms with Gasteiger partial charge in [-0.1, -0.05) is 20.8 Å². The van der Waals surface area contributed by atoms with E-state index in [4.69, 9.17) is 0 Å². The molecule has 0 bridgehead atoms. The molecule has 3 heterocycles. The second-order valence-electron chi connectivity index (χ2n) is 8.67. The molecule has 0 saturated heterocycles. The summed E-state index contributed by atoms with van der Waals surface area (Å²) in [4.78, 5) is 30.8. The highest BCUT2D eigenvalue weighted by atomic mass is 19.3. The van der Waals surface area contributed by atoms with Crippen molar-refractivity contribution >= 4 is 11.6 Å². The van der Waals surface area contributed by atoms with E-state index in [-0.39, 0.29) is 29.4 Å². The van der Waals surface area contributed by atoms with Gasteiger partial charge < -0.3 is 19.6 Å². The van der Waals surface area contributed by atoms with Crippen molar-refractivity contribution in [3.05, 3.63) is 45.5 Å². The summed E-state index contributed by atoms with van der Waals surface area (Å²) in [5.74, 6) is -2.63. The van der Waals surface area contributed by atoms with Gasteiger partial charge in [-0.25, -0.2) is 9.78 Å². The van der Waals surface area contributed by atoms with Crippen molar-refractivity contribution in [1.29, 1.82) is 0 Å². The minimum Gasteiger partial charge on any atom is -0.477 e. The maximum absolute atomic E-state index is 13.0. The lowest BCUT2D eigenvalue weighted by Gasteiger charge is -2.35. The summed E-state index contributed by atoms with van der Waals surface area (Å²) >= 11 is 0. The van der Waals surface area contributed by atoms with Crippen molar-refractivity contribution in [2.45, 2.75) is 46.3 Å². The van der Waals surface area contributed by atoms with Crippen molar-refractivity contribution in [3.63, 3.8) is 0 Å². The molecule has 3 aromatic rings. The summed E-state index contributed by atoms with van der Waals surface area (Å²) in [7, 11) is 0. The summed E-state index contributed by atoms with van der Waals surface area (Å²) in [6.07, 6.45) is 1.43. The van der Waals surface area contributed by atoms with Crippen molar-refractivity contribution in [2.75, 3.05) is 0 Å². The number of aromatic amines is 1. The van der Waals surface area contributed by atoms with Crippen LogP contribution in [0.3, 0.4) is 0 Å². The third-order valence-electron chi connectivity index (χ3n) is 5.56. The number of fused-ring (bicyclic) bond motifs is 5. The summed E-state index contributed by atoms with van der Waals surface area (Å²) in [6, 6.07) is 2.17. The summed E-state index contributed by atoms with van der Waals surface area (Å²) in [6.45, 7) is -0.708. The largest absolute Gasteiger partial charge is 0.477 e. The second-order valence-corrected chi connectivity index (χ2v) is 8.67. The van der Waals surface area contributed by atoms with Crippen molar-refractivity contribution in [2.24, 2.45) is 5.41 Å². The van der Waals surface area contributed by atoms with E-state index in [1.54, 1.807) is 0 Å². The molecule has 4 rings (SSSR count). The number of carbonyl (C=O) groups is 1. The number of nitrogens with one attached hydrogen (secondary N) is 1. The van der Waals surface area contributed by atoms with Crippen LogP contribution in [0.4, 0.5) is 17.6 Å². The first kappa shape index (κ1) is 22.6. The van der Waals surface area contributed by atoms with Gasteiger partial charge in [0.05, 0.1) is 17.6 Å². The Hall–Kier alpha value is -3.57. The predicted octanol–water partition coefficient (Wildman–Crippen LogP) is 4.28. The highest BCUT2D eigenvalue weighted by molar-refractivity contribution is 5.88. The maximum Gasteiger partial charge on any atom is 0.387 e. The molecule has 0 unspecified atom stereocenters. The fraction of sp³-hybridized carbons (Fsp3) is 0.381. The molecule has 1 aliphatic rings. The quantitative estimate of drug-likeness (QED) is 0.541. The van der Waals surface area contributed by atoms with E-state index in [0.717, 1.165) is 6.07 Å². The number of nitrogens with zero attached hydrogens (tertiary/aromatic N) is 2. The number of hydrogen-bond donors (Lipinski definition) is 2. The Labute approximate surface area is 183 Å². The molecule has 8 nitrogen and oxygen atoms in total. The van der Waals surface area contributed by atoms with Gasteiger partial charge >= 0.3 is 19.2 Å². The summed E-state index contributed by atoms with van der Waals surface area (Å²) < 4.78 is 61.9. The lowest BCUT2D eigenvalue weighted by atomic mass is 9.70.